The molecule has 0 amide bonds. The maximum atomic E-state index is 11.2. The summed E-state index contributed by atoms with van der Waals surface area (Å²) in [6.07, 6.45) is -0.778. The molecule has 3 nitrogen and oxygen atoms in total. The second-order valence-corrected chi connectivity index (χ2v) is 3.75. The molecule has 0 aromatic heterocycles. The molecular weight excluding hydrogens is 180 g/mol. The lowest BCUT2D eigenvalue weighted by atomic mass is 9.90. The minimum absolute atomic E-state index is 0.161. The van der Waals surface area contributed by atoms with Crippen LogP contribution in [0.3, 0.4) is 0 Å². The highest BCUT2D eigenvalue weighted by Gasteiger charge is 2.46. The van der Waals surface area contributed by atoms with Crippen molar-refractivity contribution < 1.29 is 14.6 Å². The molecule has 0 radical (unpaired) electrons. The average Bonchev–Trinajstić information content (AvgIpc) is 2.39. The van der Waals surface area contributed by atoms with Gasteiger partial charge in [-0.25, -0.2) is 0 Å². The zero-order valence-electron chi connectivity index (χ0n) is 8.15. The van der Waals surface area contributed by atoms with E-state index in [0.29, 0.717) is 11.3 Å². The summed E-state index contributed by atoms with van der Waals surface area (Å²) < 4.78 is 5.38. The van der Waals surface area contributed by atoms with Crippen molar-refractivity contribution in [1.82, 2.24) is 0 Å². The monoisotopic (exact) mass is 192 g/mol. The number of ether oxygens (including phenoxy) is 1. The lowest BCUT2D eigenvalue weighted by Gasteiger charge is -2.21. The molecule has 74 valence electrons. The van der Waals surface area contributed by atoms with Gasteiger partial charge in [-0.05, 0) is 19.9 Å². The van der Waals surface area contributed by atoms with Crippen LogP contribution < -0.4 is 4.74 Å². The first kappa shape index (κ1) is 9.21. The third-order valence-corrected chi connectivity index (χ3v) is 2.56. The van der Waals surface area contributed by atoms with Crippen LogP contribution in [0.4, 0.5) is 0 Å². The Morgan fingerprint density at radius 2 is 2.14 bits per heavy atom. The number of Topliss-reactive ketones (excluding diaryl/α,β-unsaturated/α-hetero) is 1. The molecule has 3 heteroatoms. The predicted octanol–water partition coefficient (Wildman–Crippen LogP) is 1.24. The Labute approximate surface area is 82.3 Å². The molecular formula is C11H12O3. The topological polar surface area (TPSA) is 46.5 Å². The summed E-state index contributed by atoms with van der Waals surface area (Å²) in [5.74, 6) is 0.434. The van der Waals surface area contributed by atoms with Crippen LogP contribution in [0.25, 0.3) is 0 Å². The number of fused-ring (bicyclic) bond motifs is 1. The highest BCUT2D eigenvalue weighted by atomic mass is 16.5. The number of rotatable bonds is 1. The Kier molecular flexibility index (Phi) is 1.86. The minimum atomic E-state index is -1.21. The zero-order valence-corrected chi connectivity index (χ0v) is 8.15. The van der Waals surface area contributed by atoms with Gasteiger partial charge >= 0.3 is 0 Å². The highest BCUT2D eigenvalue weighted by Crippen LogP contribution is 2.40. The summed E-state index contributed by atoms with van der Waals surface area (Å²) in [7, 11) is 0. The molecule has 2 rings (SSSR count). The molecule has 0 spiro atoms. The third-order valence-electron chi connectivity index (χ3n) is 2.56. The first-order valence-electron chi connectivity index (χ1n) is 4.52. The van der Waals surface area contributed by atoms with Crippen molar-refractivity contribution in [3.63, 3.8) is 0 Å². The van der Waals surface area contributed by atoms with Gasteiger partial charge < -0.3 is 9.84 Å². The molecule has 14 heavy (non-hydrogen) atoms. The second-order valence-electron chi connectivity index (χ2n) is 3.75. The number of aliphatic hydroxyl groups is 1. The van der Waals surface area contributed by atoms with Crippen molar-refractivity contribution in [2.45, 2.75) is 25.6 Å². The molecule has 0 unspecified atom stereocenters. The van der Waals surface area contributed by atoms with Crippen LogP contribution in [0.5, 0.6) is 5.75 Å². The maximum Gasteiger partial charge on any atom is 0.189 e. The van der Waals surface area contributed by atoms with Gasteiger partial charge in [0, 0.05) is 5.56 Å². The fourth-order valence-electron chi connectivity index (χ4n) is 1.85. The van der Waals surface area contributed by atoms with E-state index in [4.69, 9.17) is 4.74 Å². The van der Waals surface area contributed by atoms with E-state index in [9.17, 15) is 9.90 Å². The molecule has 2 atom stereocenters. The first-order valence-corrected chi connectivity index (χ1v) is 4.52. The average molecular weight is 192 g/mol. The van der Waals surface area contributed by atoms with E-state index in [0.717, 1.165) is 0 Å². The summed E-state index contributed by atoms with van der Waals surface area (Å²) in [5.41, 5.74) is -0.525. The Balaban J connectivity index is 2.50. The number of benzene rings is 1. The Hall–Kier alpha value is -1.35. The third kappa shape index (κ3) is 1.13. The van der Waals surface area contributed by atoms with Crippen LogP contribution >= 0.6 is 0 Å². The van der Waals surface area contributed by atoms with Crippen molar-refractivity contribution in [3.8, 4) is 5.75 Å². The fraction of sp³-hybridized carbons (Fsp3) is 0.364. The standard InChI is InChI=1S/C11H12O3/c1-7(12)10-11(2,13)8-5-3-4-6-9(8)14-10/h3-6,10,13H,1-2H3/t10-,11-/m1/s1. The maximum absolute atomic E-state index is 11.2. The molecule has 1 N–H and O–H groups in total. The summed E-state index contributed by atoms with van der Waals surface area (Å²) in [6, 6.07) is 7.17. The van der Waals surface area contributed by atoms with Gasteiger partial charge in [-0.3, -0.25) is 4.79 Å². The number of hydrogen-bond donors (Lipinski definition) is 1. The number of carbonyl (C=O) groups excluding carboxylic acids is 1. The molecule has 0 fully saturated rings. The summed E-state index contributed by atoms with van der Waals surface area (Å²) in [5, 5.41) is 10.1. The molecule has 0 saturated carbocycles. The summed E-state index contributed by atoms with van der Waals surface area (Å²) in [6.45, 7) is 3.02. The van der Waals surface area contributed by atoms with E-state index in [1.807, 2.05) is 12.1 Å². The summed E-state index contributed by atoms with van der Waals surface area (Å²) in [4.78, 5) is 11.2. The van der Waals surface area contributed by atoms with Crippen LogP contribution in [0.1, 0.15) is 19.4 Å². The molecule has 1 aromatic carbocycles. The molecule has 0 bridgehead atoms. The zero-order chi connectivity index (χ0) is 10.3. The molecule has 1 heterocycles. The van der Waals surface area contributed by atoms with Gasteiger partial charge in [-0.1, -0.05) is 18.2 Å². The Morgan fingerprint density at radius 3 is 2.71 bits per heavy atom. The van der Waals surface area contributed by atoms with Gasteiger partial charge in [-0.2, -0.15) is 0 Å². The van der Waals surface area contributed by atoms with Gasteiger partial charge in [0.05, 0.1) is 0 Å². The van der Waals surface area contributed by atoms with E-state index in [2.05, 4.69) is 0 Å². The van der Waals surface area contributed by atoms with Crippen LogP contribution in [-0.4, -0.2) is 17.0 Å². The lowest BCUT2D eigenvalue weighted by molar-refractivity contribution is -0.132. The van der Waals surface area contributed by atoms with Crippen LogP contribution in [0, 0.1) is 0 Å². The van der Waals surface area contributed by atoms with E-state index in [-0.39, 0.29) is 5.78 Å². The fourth-order valence-corrected chi connectivity index (χ4v) is 1.85. The van der Waals surface area contributed by atoms with Gasteiger partial charge in [0.15, 0.2) is 11.9 Å². The SMILES string of the molecule is CC(=O)[C@H]1Oc2ccccc2[C@@]1(C)O. The number of carbonyl (C=O) groups is 1. The lowest BCUT2D eigenvalue weighted by Crippen LogP contribution is -2.40. The quantitative estimate of drug-likeness (QED) is 0.728. The largest absolute Gasteiger partial charge is 0.479 e. The Morgan fingerprint density at radius 1 is 1.50 bits per heavy atom. The van der Waals surface area contributed by atoms with Crippen molar-refractivity contribution in [2.75, 3.05) is 0 Å². The second kappa shape index (κ2) is 2.82. The van der Waals surface area contributed by atoms with E-state index < -0.39 is 11.7 Å². The smallest absolute Gasteiger partial charge is 0.189 e. The predicted molar refractivity (Wildman–Crippen MR) is 51.1 cm³/mol. The molecule has 1 aliphatic rings. The number of hydrogen-bond acceptors (Lipinski definition) is 3. The highest BCUT2D eigenvalue weighted by molar-refractivity contribution is 5.83. The van der Waals surface area contributed by atoms with Crippen LogP contribution in [0.15, 0.2) is 24.3 Å². The van der Waals surface area contributed by atoms with E-state index in [1.165, 1.54) is 6.92 Å². The summed E-state index contributed by atoms with van der Waals surface area (Å²) >= 11 is 0. The van der Waals surface area contributed by atoms with Crippen molar-refractivity contribution in [2.24, 2.45) is 0 Å². The van der Waals surface area contributed by atoms with Crippen molar-refractivity contribution >= 4 is 5.78 Å². The van der Waals surface area contributed by atoms with E-state index >= 15 is 0 Å². The molecule has 0 saturated heterocycles. The first-order chi connectivity index (χ1) is 6.53. The molecule has 1 aliphatic heterocycles. The van der Waals surface area contributed by atoms with Crippen molar-refractivity contribution in [3.05, 3.63) is 29.8 Å². The number of para-hydroxylation sites is 1. The van der Waals surface area contributed by atoms with Gasteiger partial charge in [0.1, 0.15) is 11.4 Å². The van der Waals surface area contributed by atoms with Gasteiger partial charge in [0.25, 0.3) is 0 Å². The normalized spacial score (nSPS) is 29.5. The van der Waals surface area contributed by atoms with E-state index in [1.54, 1.807) is 19.1 Å². The van der Waals surface area contributed by atoms with Gasteiger partial charge in [0.2, 0.25) is 0 Å². The minimum Gasteiger partial charge on any atom is -0.479 e. The number of ketones is 1. The van der Waals surface area contributed by atoms with Gasteiger partial charge in [-0.15, -0.1) is 0 Å². The Bertz CT molecular complexity index is 382. The molecule has 0 aliphatic carbocycles. The molecule has 1 aromatic rings. The van der Waals surface area contributed by atoms with Crippen LogP contribution in [-0.2, 0) is 10.4 Å². The van der Waals surface area contributed by atoms with Crippen LogP contribution in [0.2, 0.25) is 0 Å². The van der Waals surface area contributed by atoms with Crippen molar-refractivity contribution in [1.29, 1.82) is 0 Å².